The van der Waals surface area contributed by atoms with Crippen LogP contribution < -0.4 is 5.56 Å². The summed E-state index contributed by atoms with van der Waals surface area (Å²) in [6.45, 7) is 3.48. The topological polar surface area (TPSA) is 47.4 Å². The third-order valence-corrected chi connectivity index (χ3v) is 4.66. The molecule has 0 N–H and O–H groups in total. The number of fused-ring (bicyclic) bond motifs is 1. The summed E-state index contributed by atoms with van der Waals surface area (Å²) in [5.41, 5.74) is 1.55. The average Bonchev–Trinajstić information content (AvgIpc) is 2.65. The molecule has 0 radical (unpaired) electrons. The van der Waals surface area contributed by atoms with E-state index in [0.717, 1.165) is 18.7 Å². The lowest BCUT2D eigenvalue weighted by Gasteiger charge is -2.28. The summed E-state index contributed by atoms with van der Waals surface area (Å²) in [7, 11) is 0. The summed E-state index contributed by atoms with van der Waals surface area (Å²) >= 11 is 6.01. The van der Waals surface area contributed by atoms with Gasteiger partial charge in [-0.1, -0.05) is 23.7 Å². The molecule has 0 unspecified atom stereocenters. The molecule has 1 aliphatic rings. The predicted octanol–water partition coefficient (Wildman–Crippen LogP) is 3.01. The van der Waals surface area contributed by atoms with Crippen molar-refractivity contribution in [3.8, 4) is 11.4 Å². The van der Waals surface area contributed by atoms with E-state index in [-0.39, 0.29) is 5.56 Å². The first-order valence-electron chi connectivity index (χ1n) is 8.28. The van der Waals surface area contributed by atoms with Crippen molar-refractivity contribution in [1.82, 2.24) is 14.5 Å². The molecule has 25 heavy (non-hydrogen) atoms. The van der Waals surface area contributed by atoms with Gasteiger partial charge in [-0.2, -0.15) is 0 Å². The monoisotopic (exact) mass is 355 g/mol. The van der Waals surface area contributed by atoms with Gasteiger partial charge in [0, 0.05) is 23.7 Å². The van der Waals surface area contributed by atoms with E-state index in [9.17, 15) is 4.79 Å². The van der Waals surface area contributed by atoms with Gasteiger partial charge in [0.25, 0.3) is 5.56 Å². The van der Waals surface area contributed by atoms with E-state index in [0.29, 0.717) is 41.6 Å². The van der Waals surface area contributed by atoms with Crippen molar-refractivity contribution < 1.29 is 4.74 Å². The van der Waals surface area contributed by atoms with Crippen molar-refractivity contribution in [1.29, 1.82) is 0 Å². The molecule has 5 nitrogen and oxygen atoms in total. The van der Waals surface area contributed by atoms with Gasteiger partial charge in [0.15, 0.2) is 0 Å². The molecule has 1 aromatic heterocycles. The second-order valence-electron chi connectivity index (χ2n) is 6.06. The summed E-state index contributed by atoms with van der Waals surface area (Å²) < 4.78 is 7.15. The molecule has 0 bridgehead atoms. The fourth-order valence-electron chi connectivity index (χ4n) is 3.06. The highest BCUT2D eigenvalue weighted by Crippen LogP contribution is 2.21. The van der Waals surface area contributed by atoms with Crippen molar-refractivity contribution in [2.24, 2.45) is 0 Å². The Hall–Kier alpha value is -2.21. The van der Waals surface area contributed by atoms with Crippen LogP contribution in [0.25, 0.3) is 22.3 Å². The molecule has 0 aliphatic carbocycles. The van der Waals surface area contributed by atoms with Gasteiger partial charge in [0.1, 0.15) is 5.82 Å². The summed E-state index contributed by atoms with van der Waals surface area (Å²) in [5, 5.41) is 1.29. The lowest BCUT2D eigenvalue weighted by Crippen LogP contribution is -2.40. The standard InChI is InChI=1S/C19H18ClN3O2/c20-15-7-5-14(6-8-15)18-21-17-4-2-1-3-16(17)19(24)23(18)13-22-9-11-25-12-10-22/h1-8H,9-13H2. The van der Waals surface area contributed by atoms with Gasteiger partial charge in [-0.05, 0) is 36.4 Å². The molecule has 0 saturated carbocycles. The minimum atomic E-state index is -0.0259. The Kier molecular flexibility index (Phi) is 4.53. The lowest BCUT2D eigenvalue weighted by molar-refractivity contribution is 0.0231. The van der Waals surface area contributed by atoms with Gasteiger partial charge in [0.2, 0.25) is 0 Å². The largest absolute Gasteiger partial charge is 0.379 e. The van der Waals surface area contributed by atoms with E-state index < -0.39 is 0 Å². The Balaban J connectivity index is 1.87. The van der Waals surface area contributed by atoms with Gasteiger partial charge >= 0.3 is 0 Å². The Morgan fingerprint density at radius 1 is 1.04 bits per heavy atom. The summed E-state index contributed by atoms with van der Waals surface area (Å²) in [6, 6.07) is 14.9. The number of rotatable bonds is 3. The van der Waals surface area contributed by atoms with E-state index in [1.807, 2.05) is 48.5 Å². The number of ether oxygens (including phenoxy) is 1. The molecule has 128 valence electrons. The molecule has 0 amide bonds. The number of hydrogen-bond donors (Lipinski definition) is 0. The first kappa shape index (κ1) is 16.3. The zero-order chi connectivity index (χ0) is 17.2. The minimum absolute atomic E-state index is 0.0259. The van der Waals surface area contributed by atoms with Crippen LogP contribution in [-0.2, 0) is 11.4 Å². The summed E-state index contributed by atoms with van der Waals surface area (Å²) in [4.78, 5) is 20.1. The fraction of sp³-hybridized carbons (Fsp3) is 0.263. The van der Waals surface area contributed by atoms with Crippen molar-refractivity contribution in [3.05, 3.63) is 63.9 Å². The van der Waals surface area contributed by atoms with Gasteiger partial charge in [-0.3, -0.25) is 14.3 Å². The van der Waals surface area contributed by atoms with Crippen LogP contribution in [0.3, 0.4) is 0 Å². The Labute approximate surface area is 150 Å². The van der Waals surface area contributed by atoms with Crippen LogP contribution in [0, 0.1) is 0 Å². The van der Waals surface area contributed by atoms with Crippen LogP contribution in [0.4, 0.5) is 0 Å². The molecule has 6 heteroatoms. The molecule has 1 saturated heterocycles. The second kappa shape index (κ2) is 6.96. The van der Waals surface area contributed by atoms with Crippen molar-refractivity contribution in [2.45, 2.75) is 6.67 Å². The van der Waals surface area contributed by atoms with E-state index in [1.54, 1.807) is 4.57 Å². The van der Waals surface area contributed by atoms with E-state index in [2.05, 4.69) is 4.90 Å². The van der Waals surface area contributed by atoms with Gasteiger partial charge in [-0.15, -0.1) is 0 Å². The summed E-state index contributed by atoms with van der Waals surface area (Å²) in [5.74, 6) is 0.659. The molecule has 4 rings (SSSR count). The normalized spacial score (nSPS) is 15.6. The maximum atomic E-state index is 13.1. The SMILES string of the molecule is O=c1c2ccccc2nc(-c2ccc(Cl)cc2)n1CN1CCOCC1. The highest BCUT2D eigenvalue weighted by atomic mass is 35.5. The van der Waals surface area contributed by atoms with Crippen LogP contribution in [0.2, 0.25) is 5.02 Å². The van der Waals surface area contributed by atoms with Crippen LogP contribution in [0.15, 0.2) is 53.3 Å². The van der Waals surface area contributed by atoms with Crippen LogP contribution >= 0.6 is 11.6 Å². The minimum Gasteiger partial charge on any atom is -0.379 e. The Bertz CT molecular complexity index is 947. The molecule has 0 spiro atoms. The number of para-hydroxylation sites is 1. The summed E-state index contributed by atoms with van der Waals surface area (Å²) in [6.07, 6.45) is 0. The second-order valence-corrected chi connectivity index (χ2v) is 6.50. The molecule has 3 aromatic rings. The van der Waals surface area contributed by atoms with Gasteiger partial charge < -0.3 is 4.74 Å². The van der Waals surface area contributed by atoms with Gasteiger partial charge in [0.05, 0.1) is 30.8 Å². The molecule has 2 aromatic carbocycles. The number of nitrogens with zero attached hydrogens (tertiary/aromatic N) is 3. The number of hydrogen-bond acceptors (Lipinski definition) is 4. The van der Waals surface area contributed by atoms with Crippen LogP contribution in [0.5, 0.6) is 0 Å². The number of morpholine rings is 1. The molecule has 1 aliphatic heterocycles. The maximum Gasteiger partial charge on any atom is 0.262 e. The van der Waals surface area contributed by atoms with Crippen molar-refractivity contribution in [3.63, 3.8) is 0 Å². The first-order chi connectivity index (χ1) is 12.2. The van der Waals surface area contributed by atoms with Crippen LogP contribution in [0.1, 0.15) is 0 Å². The van der Waals surface area contributed by atoms with Crippen LogP contribution in [-0.4, -0.2) is 40.8 Å². The fourth-order valence-corrected chi connectivity index (χ4v) is 3.19. The zero-order valence-electron chi connectivity index (χ0n) is 13.7. The third-order valence-electron chi connectivity index (χ3n) is 4.41. The predicted molar refractivity (Wildman–Crippen MR) is 98.8 cm³/mol. The number of halogens is 1. The average molecular weight is 356 g/mol. The molecule has 1 fully saturated rings. The number of aromatic nitrogens is 2. The third kappa shape index (κ3) is 3.31. The first-order valence-corrected chi connectivity index (χ1v) is 8.66. The highest BCUT2D eigenvalue weighted by molar-refractivity contribution is 6.30. The lowest BCUT2D eigenvalue weighted by atomic mass is 10.2. The van der Waals surface area contributed by atoms with Gasteiger partial charge in [-0.25, -0.2) is 4.98 Å². The molecule has 0 atom stereocenters. The molecular formula is C19H18ClN3O2. The highest BCUT2D eigenvalue weighted by Gasteiger charge is 2.17. The Morgan fingerprint density at radius 3 is 2.52 bits per heavy atom. The van der Waals surface area contributed by atoms with Crippen molar-refractivity contribution in [2.75, 3.05) is 26.3 Å². The number of benzene rings is 2. The quantitative estimate of drug-likeness (QED) is 0.724. The molecule has 2 heterocycles. The molecular weight excluding hydrogens is 338 g/mol. The van der Waals surface area contributed by atoms with E-state index in [4.69, 9.17) is 21.3 Å². The van der Waals surface area contributed by atoms with Crippen molar-refractivity contribution >= 4 is 22.5 Å². The smallest absolute Gasteiger partial charge is 0.262 e. The maximum absolute atomic E-state index is 13.1. The van der Waals surface area contributed by atoms with E-state index in [1.165, 1.54) is 0 Å². The van der Waals surface area contributed by atoms with E-state index >= 15 is 0 Å². The zero-order valence-corrected chi connectivity index (χ0v) is 14.4. The Morgan fingerprint density at radius 2 is 1.76 bits per heavy atom.